The largest absolute Gasteiger partial charge is 0.481 e. The SMILES string of the molecule is O=C(O)Cc1[nH]c(-c2ccccc2)c(-c2ccccc2)c1C(=O)O. The highest BCUT2D eigenvalue weighted by atomic mass is 16.4. The van der Waals surface area contributed by atoms with Crippen molar-refractivity contribution in [2.75, 3.05) is 0 Å². The zero-order chi connectivity index (χ0) is 17.1. The summed E-state index contributed by atoms with van der Waals surface area (Å²) in [5.41, 5.74) is 2.83. The van der Waals surface area contributed by atoms with E-state index in [1.807, 2.05) is 60.7 Å². The number of carbonyl (C=O) groups is 2. The van der Waals surface area contributed by atoms with E-state index in [2.05, 4.69) is 4.98 Å². The molecule has 1 aromatic heterocycles. The van der Waals surface area contributed by atoms with Crippen LogP contribution in [-0.4, -0.2) is 27.1 Å². The van der Waals surface area contributed by atoms with Crippen LogP contribution in [0.5, 0.6) is 0 Å². The molecule has 0 fully saturated rings. The van der Waals surface area contributed by atoms with Crippen molar-refractivity contribution in [2.45, 2.75) is 6.42 Å². The van der Waals surface area contributed by atoms with E-state index in [0.29, 0.717) is 11.3 Å². The minimum absolute atomic E-state index is 0.00227. The van der Waals surface area contributed by atoms with Gasteiger partial charge in [-0.3, -0.25) is 4.79 Å². The Hall–Kier alpha value is -3.34. The number of aliphatic carboxylic acids is 1. The van der Waals surface area contributed by atoms with Gasteiger partial charge in [-0.1, -0.05) is 60.7 Å². The summed E-state index contributed by atoms with van der Waals surface area (Å²) in [7, 11) is 0. The summed E-state index contributed by atoms with van der Waals surface area (Å²) in [5.74, 6) is -2.23. The van der Waals surface area contributed by atoms with Gasteiger partial charge in [-0.25, -0.2) is 4.79 Å². The Morgan fingerprint density at radius 3 is 1.88 bits per heavy atom. The summed E-state index contributed by atoms with van der Waals surface area (Å²) < 4.78 is 0. The Bertz CT molecular complexity index is 882. The van der Waals surface area contributed by atoms with Crippen molar-refractivity contribution in [1.29, 1.82) is 0 Å². The summed E-state index contributed by atoms with van der Waals surface area (Å²) in [5, 5.41) is 18.8. The zero-order valence-electron chi connectivity index (χ0n) is 12.7. The quantitative estimate of drug-likeness (QED) is 0.668. The van der Waals surface area contributed by atoms with Gasteiger partial charge >= 0.3 is 11.9 Å². The highest BCUT2D eigenvalue weighted by Gasteiger charge is 2.25. The molecule has 0 radical (unpaired) electrons. The van der Waals surface area contributed by atoms with E-state index in [4.69, 9.17) is 5.11 Å². The standard InChI is InChI=1S/C19H15NO4/c21-15(22)11-14-17(19(23)24)16(12-7-3-1-4-8-12)18(20-14)13-9-5-2-6-10-13/h1-10,20H,11H2,(H,21,22)(H,23,24). The lowest BCUT2D eigenvalue weighted by molar-refractivity contribution is -0.136. The Kier molecular flexibility index (Phi) is 4.16. The molecule has 3 rings (SSSR count). The first-order valence-corrected chi connectivity index (χ1v) is 7.38. The van der Waals surface area contributed by atoms with Crippen LogP contribution in [0.3, 0.4) is 0 Å². The first kappa shape index (κ1) is 15.6. The van der Waals surface area contributed by atoms with Crippen molar-refractivity contribution in [2.24, 2.45) is 0 Å². The highest BCUT2D eigenvalue weighted by Crippen LogP contribution is 2.37. The number of H-pyrrole nitrogens is 1. The maximum absolute atomic E-state index is 11.8. The molecule has 0 saturated carbocycles. The smallest absolute Gasteiger partial charge is 0.338 e. The van der Waals surface area contributed by atoms with E-state index in [1.54, 1.807) is 0 Å². The molecule has 120 valence electrons. The van der Waals surface area contributed by atoms with Gasteiger partial charge in [0.2, 0.25) is 0 Å². The second kappa shape index (κ2) is 6.42. The van der Waals surface area contributed by atoms with E-state index in [-0.39, 0.29) is 17.7 Å². The topological polar surface area (TPSA) is 90.4 Å². The van der Waals surface area contributed by atoms with E-state index >= 15 is 0 Å². The number of aromatic amines is 1. The third-order valence-corrected chi connectivity index (χ3v) is 3.74. The molecule has 0 aliphatic rings. The van der Waals surface area contributed by atoms with E-state index in [9.17, 15) is 14.7 Å². The molecular formula is C19H15NO4. The van der Waals surface area contributed by atoms with Crippen molar-refractivity contribution in [3.8, 4) is 22.4 Å². The van der Waals surface area contributed by atoms with Crippen LogP contribution in [0.15, 0.2) is 60.7 Å². The Labute approximate surface area is 138 Å². The molecule has 0 unspecified atom stereocenters. The normalized spacial score (nSPS) is 10.5. The molecule has 5 nitrogen and oxygen atoms in total. The number of nitrogens with one attached hydrogen (secondary N) is 1. The Morgan fingerprint density at radius 1 is 0.833 bits per heavy atom. The lowest BCUT2D eigenvalue weighted by Gasteiger charge is -2.06. The van der Waals surface area contributed by atoms with Crippen LogP contribution in [0, 0.1) is 0 Å². The summed E-state index contributed by atoms with van der Waals surface area (Å²) in [4.78, 5) is 26.0. The molecule has 0 saturated heterocycles. The predicted octanol–water partition coefficient (Wildman–Crippen LogP) is 3.67. The molecule has 2 aromatic carbocycles. The van der Waals surface area contributed by atoms with Crippen LogP contribution < -0.4 is 0 Å². The van der Waals surface area contributed by atoms with Crippen molar-refractivity contribution in [3.05, 3.63) is 71.9 Å². The molecule has 0 aliphatic carbocycles. The van der Waals surface area contributed by atoms with E-state index in [0.717, 1.165) is 11.1 Å². The van der Waals surface area contributed by atoms with Gasteiger partial charge < -0.3 is 15.2 Å². The minimum Gasteiger partial charge on any atom is -0.481 e. The number of aromatic nitrogens is 1. The molecule has 0 aliphatic heterocycles. The van der Waals surface area contributed by atoms with Crippen LogP contribution in [-0.2, 0) is 11.2 Å². The average Bonchev–Trinajstić information content (AvgIpc) is 2.95. The lowest BCUT2D eigenvalue weighted by atomic mass is 9.96. The number of aromatic carboxylic acids is 1. The molecule has 1 heterocycles. The number of hydrogen-bond acceptors (Lipinski definition) is 2. The number of hydrogen-bond donors (Lipinski definition) is 3. The summed E-state index contributed by atoms with van der Waals surface area (Å²) >= 11 is 0. The number of carboxylic acids is 2. The van der Waals surface area contributed by atoms with Gasteiger partial charge in [0.15, 0.2) is 0 Å². The van der Waals surface area contributed by atoms with Crippen molar-refractivity contribution < 1.29 is 19.8 Å². The van der Waals surface area contributed by atoms with E-state index in [1.165, 1.54) is 0 Å². The summed E-state index contributed by atoms with van der Waals surface area (Å²) in [6.45, 7) is 0. The number of carboxylic acid groups (broad SMARTS) is 2. The van der Waals surface area contributed by atoms with Gasteiger partial charge in [-0.2, -0.15) is 0 Å². The summed E-state index contributed by atoms with van der Waals surface area (Å²) in [6, 6.07) is 18.4. The fourth-order valence-corrected chi connectivity index (χ4v) is 2.79. The maximum Gasteiger partial charge on any atom is 0.338 e. The van der Waals surface area contributed by atoms with Crippen LogP contribution in [0.25, 0.3) is 22.4 Å². The zero-order valence-corrected chi connectivity index (χ0v) is 12.7. The molecule has 0 atom stereocenters. The Morgan fingerprint density at radius 2 is 1.38 bits per heavy atom. The number of rotatable bonds is 5. The molecule has 0 bridgehead atoms. The fraction of sp³-hybridized carbons (Fsp3) is 0.0526. The van der Waals surface area contributed by atoms with Crippen LogP contribution in [0.1, 0.15) is 16.1 Å². The molecule has 24 heavy (non-hydrogen) atoms. The number of benzene rings is 2. The van der Waals surface area contributed by atoms with Gasteiger partial charge in [-0.15, -0.1) is 0 Å². The minimum atomic E-state index is -1.15. The van der Waals surface area contributed by atoms with Crippen LogP contribution >= 0.6 is 0 Å². The molecule has 0 amide bonds. The fourth-order valence-electron chi connectivity index (χ4n) is 2.79. The van der Waals surface area contributed by atoms with Gasteiger partial charge in [0.1, 0.15) is 0 Å². The third-order valence-electron chi connectivity index (χ3n) is 3.74. The predicted molar refractivity (Wildman–Crippen MR) is 90.0 cm³/mol. The van der Waals surface area contributed by atoms with Crippen LogP contribution in [0.4, 0.5) is 0 Å². The van der Waals surface area contributed by atoms with Crippen molar-refractivity contribution >= 4 is 11.9 Å². The Balaban J connectivity index is 2.32. The van der Waals surface area contributed by atoms with Crippen molar-refractivity contribution in [1.82, 2.24) is 4.98 Å². The molecule has 5 heteroatoms. The molecule has 3 aromatic rings. The average molecular weight is 321 g/mol. The second-order valence-electron chi connectivity index (χ2n) is 5.34. The first-order chi connectivity index (χ1) is 11.6. The second-order valence-corrected chi connectivity index (χ2v) is 5.34. The summed E-state index contributed by atoms with van der Waals surface area (Å²) in [6.07, 6.45) is -0.381. The molecule has 3 N–H and O–H groups in total. The third kappa shape index (κ3) is 2.92. The monoisotopic (exact) mass is 321 g/mol. The van der Waals surface area contributed by atoms with Gasteiger partial charge in [0, 0.05) is 11.3 Å². The van der Waals surface area contributed by atoms with Gasteiger partial charge in [0.25, 0.3) is 0 Å². The first-order valence-electron chi connectivity index (χ1n) is 7.38. The highest BCUT2D eigenvalue weighted by molar-refractivity contribution is 6.03. The van der Waals surface area contributed by atoms with Gasteiger partial charge in [-0.05, 0) is 11.1 Å². The lowest BCUT2D eigenvalue weighted by Crippen LogP contribution is -2.07. The maximum atomic E-state index is 11.8. The van der Waals surface area contributed by atoms with Crippen molar-refractivity contribution in [3.63, 3.8) is 0 Å². The van der Waals surface area contributed by atoms with Crippen LogP contribution in [0.2, 0.25) is 0 Å². The van der Waals surface area contributed by atoms with E-state index < -0.39 is 11.9 Å². The van der Waals surface area contributed by atoms with Gasteiger partial charge in [0.05, 0.1) is 17.7 Å². The molecule has 0 spiro atoms. The molecular weight excluding hydrogens is 306 g/mol.